The monoisotopic (exact) mass is 373 g/mol. The van der Waals surface area contributed by atoms with Crippen LogP contribution >= 0.6 is 15.9 Å². The number of halogens is 2. The van der Waals surface area contributed by atoms with Gasteiger partial charge in [0.1, 0.15) is 11.6 Å². The van der Waals surface area contributed by atoms with Gasteiger partial charge in [-0.3, -0.25) is 4.98 Å². The Labute approximate surface area is 141 Å². The van der Waals surface area contributed by atoms with Crippen molar-refractivity contribution in [2.45, 2.75) is 0 Å². The van der Waals surface area contributed by atoms with Crippen LogP contribution in [0.2, 0.25) is 0 Å². The van der Waals surface area contributed by atoms with E-state index < -0.39 is 0 Å². The molecule has 0 bridgehead atoms. The van der Waals surface area contributed by atoms with E-state index in [-0.39, 0.29) is 5.82 Å². The van der Waals surface area contributed by atoms with E-state index in [9.17, 15) is 4.39 Å². The highest BCUT2D eigenvalue weighted by Gasteiger charge is 2.08. The van der Waals surface area contributed by atoms with Crippen LogP contribution in [0, 0.1) is 5.82 Å². The van der Waals surface area contributed by atoms with E-state index in [1.165, 1.54) is 6.07 Å². The van der Waals surface area contributed by atoms with Crippen LogP contribution in [0.1, 0.15) is 0 Å². The Balaban J connectivity index is 1.97. The third-order valence-corrected chi connectivity index (χ3v) is 3.71. The lowest BCUT2D eigenvalue weighted by molar-refractivity contribution is 0.622. The minimum Gasteiger partial charge on any atom is -0.357 e. The summed E-state index contributed by atoms with van der Waals surface area (Å²) in [6, 6.07) is 12.2. The molecule has 0 spiro atoms. The molecule has 0 fully saturated rings. The van der Waals surface area contributed by atoms with Gasteiger partial charge in [-0.2, -0.15) is 4.98 Å². The quantitative estimate of drug-likeness (QED) is 0.716. The van der Waals surface area contributed by atoms with Gasteiger partial charge in [0.25, 0.3) is 0 Å². The Hall–Kier alpha value is -2.54. The second-order valence-corrected chi connectivity index (χ2v) is 5.54. The molecule has 1 aromatic carbocycles. The second-order valence-electron chi connectivity index (χ2n) is 4.68. The van der Waals surface area contributed by atoms with Crippen molar-refractivity contribution < 1.29 is 4.39 Å². The number of aromatic nitrogens is 3. The number of hydrogen-bond acceptors (Lipinski definition) is 5. The predicted molar refractivity (Wildman–Crippen MR) is 92.2 cm³/mol. The third-order valence-electron chi connectivity index (χ3n) is 3.07. The highest BCUT2D eigenvalue weighted by molar-refractivity contribution is 9.10. The minimum atomic E-state index is -0.345. The first-order valence-electron chi connectivity index (χ1n) is 6.86. The molecule has 0 atom stereocenters. The van der Waals surface area contributed by atoms with Crippen molar-refractivity contribution in [3.05, 3.63) is 59.0 Å². The van der Waals surface area contributed by atoms with E-state index in [2.05, 4.69) is 41.5 Å². The number of benzene rings is 1. The summed E-state index contributed by atoms with van der Waals surface area (Å²) < 4.78 is 14.0. The van der Waals surface area contributed by atoms with E-state index in [0.717, 1.165) is 5.69 Å². The van der Waals surface area contributed by atoms with Crippen LogP contribution in [0.5, 0.6) is 0 Å². The first-order valence-corrected chi connectivity index (χ1v) is 7.65. The summed E-state index contributed by atoms with van der Waals surface area (Å²) in [7, 11) is 1.74. The van der Waals surface area contributed by atoms with Gasteiger partial charge in [-0.15, -0.1) is 0 Å². The molecule has 3 rings (SSSR count). The highest BCUT2D eigenvalue weighted by atomic mass is 79.9. The molecular formula is C16H13BrFN5. The Bertz CT molecular complexity index is 826. The fraction of sp³-hybridized carbons (Fsp3) is 0.0625. The third kappa shape index (κ3) is 3.62. The molecule has 0 saturated carbocycles. The van der Waals surface area contributed by atoms with Crippen molar-refractivity contribution in [2.24, 2.45) is 0 Å². The van der Waals surface area contributed by atoms with E-state index in [1.807, 2.05) is 18.2 Å². The highest BCUT2D eigenvalue weighted by Crippen LogP contribution is 2.24. The summed E-state index contributed by atoms with van der Waals surface area (Å²) in [6.45, 7) is 0. The molecule has 2 heterocycles. The van der Waals surface area contributed by atoms with Crippen LogP contribution in [-0.4, -0.2) is 22.0 Å². The molecule has 0 unspecified atom stereocenters. The molecule has 2 aromatic heterocycles. The largest absolute Gasteiger partial charge is 0.357 e. The van der Waals surface area contributed by atoms with Gasteiger partial charge in [-0.25, -0.2) is 9.37 Å². The zero-order valence-corrected chi connectivity index (χ0v) is 13.8. The van der Waals surface area contributed by atoms with Crippen molar-refractivity contribution in [3.63, 3.8) is 0 Å². The number of nitrogens with zero attached hydrogens (tertiary/aromatic N) is 3. The molecular weight excluding hydrogens is 361 g/mol. The van der Waals surface area contributed by atoms with E-state index >= 15 is 0 Å². The van der Waals surface area contributed by atoms with E-state index in [4.69, 9.17) is 0 Å². The van der Waals surface area contributed by atoms with Crippen LogP contribution in [0.3, 0.4) is 0 Å². The molecule has 0 saturated heterocycles. The zero-order valence-electron chi connectivity index (χ0n) is 12.2. The summed E-state index contributed by atoms with van der Waals surface area (Å²) in [5, 5.41) is 5.99. The first kappa shape index (κ1) is 15.4. The molecule has 0 aliphatic heterocycles. The maximum Gasteiger partial charge on any atom is 0.225 e. The maximum absolute atomic E-state index is 13.6. The van der Waals surface area contributed by atoms with Crippen LogP contribution in [0.4, 0.5) is 21.8 Å². The van der Waals surface area contributed by atoms with Gasteiger partial charge in [0, 0.05) is 25.0 Å². The SMILES string of the molecule is CNc1nc(Nc2ccc(Br)c(F)c2)cc(-c2ccccn2)n1. The molecule has 2 N–H and O–H groups in total. The molecule has 7 heteroatoms. The summed E-state index contributed by atoms with van der Waals surface area (Å²) in [4.78, 5) is 13.0. The van der Waals surface area contributed by atoms with Crippen LogP contribution < -0.4 is 10.6 Å². The summed E-state index contributed by atoms with van der Waals surface area (Å²) >= 11 is 3.13. The van der Waals surface area contributed by atoms with Crippen LogP contribution in [0.15, 0.2) is 53.1 Å². The lowest BCUT2D eigenvalue weighted by Gasteiger charge is -2.10. The van der Waals surface area contributed by atoms with Crippen LogP contribution in [-0.2, 0) is 0 Å². The Morgan fingerprint density at radius 1 is 1.04 bits per heavy atom. The van der Waals surface area contributed by atoms with Crippen molar-refractivity contribution in [2.75, 3.05) is 17.7 Å². The van der Waals surface area contributed by atoms with Gasteiger partial charge >= 0.3 is 0 Å². The number of nitrogens with one attached hydrogen (secondary N) is 2. The van der Waals surface area contributed by atoms with Gasteiger partial charge in [0.15, 0.2) is 0 Å². The average molecular weight is 374 g/mol. The van der Waals surface area contributed by atoms with Crippen LogP contribution in [0.25, 0.3) is 11.4 Å². The smallest absolute Gasteiger partial charge is 0.225 e. The summed E-state index contributed by atoms with van der Waals surface area (Å²) in [5.74, 6) is 0.655. The molecule has 116 valence electrons. The average Bonchev–Trinajstić information content (AvgIpc) is 2.58. The number of hydrogen-bond donors (Lipinski definition) is 2. The number of rotatable bonds is 4. The maximum atomic E-state index is 13.6. The molecule has 0 amide bonds. The van der Waals surface area contributed by atoms with Gasteiger partial charge in [-0.1, -0.05) is 6.07 Å². The first-order chi connectivity index (χ1) is 11.2. The van der Waals surface area contributed by atoms with E-state index in [0.29, 0.717) is 27.6 Å². The summed E-state index contributed by atoms with van der Waals surface area (Å²) in [6.07, 6.45) is 1.70. The molecule has 23 heavy (non-hydrogen) atoms. The lowest BCUT2D eigenvalue weighted by Crippen LogP contribution is -2.02. The Morgan fingerprint density at radius 2 is 1.91 bits per heavy atom. The Morgan fingerprint density at radius 3 is 2.61 bits per heavy atom. The van der Waals surface area contributed by atoms with Crippen molar-refractivity contribution in [1.29, 1.82) is 0 Å². The molecule has 0 radical (unpaired) electrons. The van der Waals surface area contributed by atoms with Crippen molar-refractivity contribution in [1.82, 2.24) is 15.0 Å². The van der Waals surface area contributed by atoms with Gasteiger partial charge in [0.05, 0.1) is 15.9 Å². The zero-order chi connectivity index (χ0) is 16.2. The fourth-order valence-electron chi connectivity index (χ4n) is 1.99. The van der Waals surface area contributed by atoms with Gasteiger partial charge in [0.2, 0.25) is 5.95 Å². The molecule has 0 aliphatic carbocycles. The van der Waals surface area contributed by atoms with E-state index in [1.54, 1.807) is 31.4 Å². The molecule has 0 aliphatic rings. The topological polar surface area (TPSA) is 62.7 Å². The lowest BCUT2D eigenvalue weighted by atomic mass is 10.2. The summed E-state index contributed by atoms with van der Waals surface area (Å²) in [5.41, 5.74) is 2.00. The predicted octanol–water partition coefficient (Wildman–Crippen LogP) is 4.23. The number of anilines is 3. The standard InChI is InChI=1S/C16H13BrFN5/c1-19-16-22-14(13-4-2-3-7-20-13)9-15(23-16)21-10-5-6-11(17)12(18)8-10/h2-9H,1H3,(H2,19,21,22,23). The second kappa shape index (κ2) is 6.70. The normalized spacial score (nSPS) is 10.4. The number of pyridine rings is 1. The fourth-order valence-corrected chi connectivity index (χ4v) is 2.24. The minimum absolute atomic E-state index is 0.345. The van der Waals surface area contributed by atoms with Crippen molar-refractivity contribution in [3.8, 4) is 11.4 Å². The molecule has 5 nitrogen and oxygen atoms in total. The van der Waals surface area contributed by atoms with Gasteiger partial charge < -0.3 is 10.6 Å². The van der Waals surface area contributed by atoms with Crippen molar-refractivity contribution >= 4 is 33.4 Å². The molecule has 3 aromatic rings. The Kier molecular flexibility index (Phi) is 4.47. The van der Waals surface area contributed by atoms with Gasteiger partial charge in [-0.05, 0) is 46.3 Å².